The predicted octanol–water partition coefficient (Wildman–Crippen LogP) is 1.42. The summed E-state index contributed by atoms with van der Waals surface area (Å²) in [6.45, 7) is 1.83. The smallest absolute Gasteiger partial charge is 0.0636 e. The van der Waals surface area contributed by atoms with Gasteiger partial charge in [0.2, 0.25) is 0 Å². The van der Waals surface area contributed by atoms with Crippen LogP contribution in [0.3, 0.4) is 0 Å². The molecular weight excluding hydrogens is 227 g/mol. The molecule has 0 N–H and O–H groups in total. The number of fused-ring (bicyclic) bond motifs is 1. The van der Waals surface area contributed by atoms with Crippen molar-refractivity contribution in [2.75, 3.05) is 13.2 Å². The van der Waals surface area contributed by atoms with Gasteiger partial charge in [-0.1, -0.05) is 5.92 Å². The average Bonchev–Trinajstić information content (AvgIpc) is 2.37. The monoisotopic (exact) mass is 234 g/mol. The molecule has 1 saturated carbocycles. The van der Waals surface area contributed by atoms with Gasteiger partial charge in [-0.05, 0) is 10.3 Å². The van der Waals surface area contributed by atoms with E-state index >= 15 is 0 Å². The molecule has 9 heavy (non-hydrogen) atoms. The standard InChI is InChI=1S/C7H7IO/c8-2-1-7-3-6(7)4-9-5-7/h6H,3-5H2. The Bertz CT molecular complexity index is 191. The van der Waals surface area contributed by atoms with E-state index in [-0.39, 0.29) is 0 Å². The van der Waals surface area contributed by atoms with Crippen molar-refractivity contribution in [1.29, 1.82) is 0 Å². The van der Waals surface area contributed by atoms with Gasteiger partial charge in [0.05, 0.1) is 18.6 Å². The van der Waals surface area contributed by atoms with Gasteiger partial charge in [-0.25, -0.2) is 0 Å². The summed E-state index contributed by atoms with van der Waals surface area (Å²) in [4.78, 5) is 0. The molecule has 2 fully saturated rings. The van der Waals surface area contributed by atoms with Gasteiger partial charge in [-0.3, -0.25) is 0 Å². The van der Waals surface area contributed by atoms with E-state index in [1.165, 1.54) is 6.42 Å². The second kappa shape index (κ2) is 1.86. The van der Waals surface area contributed by atoms with E-state index in [1.54, 1.807) is 0 Å². The largest absolute Gasteiger partial charge is 0.380 e. The minimum atomic E-state index is 0.321. The Morgan fingerprint density at radius 3 is 3.00 bits per heavy atom. The molecule has 2 atom stereocenters. The quantitative estimate of drug-likeness (QED) is 0.455. The van der Waals surface area contributed by atoms with Crippen molar-refractivity contribution in [3.8, 4) is 9.85 Å². The van der Waals surface area contributed by atoms with E-state index in [4.69, 9.17) is 4.74 Å². The molecule has 0 aromatic carbocycles. The van der Waals surface area contributed by atoms with Crippen LogP contribution in [0.15, 0.2) is 0 Å². The van der Waals surface area contributed by atoms with E-state index in [9.17, 15) is 0 Å². The Labute approximate surface area is 68.3 Å². The topological polar surface area (TPSA) is 9.23 Å². The first-order valence-corrected chi connectivity index (χ1v) is 4.16. The van der Waals surface area contributed by atoms with Crippen LogP contribution < -0.4 is 0 Å². The van der Waals surface area contributed by atoms with Crippen LogP contribution in [0, 0.1) is 21.2 Å². The molecule has 2 aliphatic rings. The van der Waals surface area contributed by atoms with Crippen LogP contribution in [-0.2, 0) is 4.74 Å². The molecule has 0 aromatic rings. The van der Waals surface area contributed by atoms with Crippen LogP contribution in [0.1, 0.15) is 6.42 Å². The van der Waals surface area contributed by atoms with E-state index in [2.05, 4.69) is 32.4 Å². The maximum absolute atomic E-state index is 5.26. The van der Waals surface area contributed by atoms with Crippen molar-refractivity contribution < 1.29 is 4.74 Å². The molecular formula is C7H7IO. The van der Waals surface area contributed by atoms with Gasteiger partial charge in [0.15, 0.2) is 0 Å². The number of rotatable bonds is 0. The van der Waals surface area contributed by atoms with Crippen molar-refractivity contribution in [2.45, 2.75) is 6.42 Å². The third kappa shape index (κ3) is 0.786. The second-order valence-corrected chi connectivity index (χ2v) is 3.33. The third-order valence-corrected chi connectivity index (χ3v) is 2.48. The first-order valence-electron chi connectivity index (χ1n) is 3.08. The molecule has 2 unspecified atom stereocenters. The lowest BCUT2D eigenvalue weighted by Gasteiger charge is -1.97. The summed E-state index contributed by atoms with van der Waals surface area (Å²) in [5, 5.41) is 0. The second-order valence-electron chi connectivity index (χ2n) is 2.79. The molecule has 1 nitrogen and oxygen atoms in total. The van der Waals surface area contributed by atoms with E-state index < -0.39 is 0 Å². The highest BCUT2D eigenvalue weighted by atomic mass is 127. The molecule has 0 radical (unpaired) electrons. The normalized spacial score (nSPS) is 45.2. The molecule has 1 heterocycles. The Balaban J connectivity index is 2.16. The molecule has 0 bridgehead atoms. The van der Waals surface area contributed by atoms with Crippen molar-refractivity contribution in [1.82, 2.24) is 0 Å². The Morgan fingerprint density at radius 1 is 1.67 bits per heavy atom. The minimum absolute atomic E-state index is 0.321. The number of halogens is 1. The van der Waals surface area contributed by atoms with Gasteiger partial charge in [-0.2, -0.15) is 0 Å². The van der Waals surface area contributed by atoms with Crippen molar-refractivity contribution in [3.05, 3.63) is 0 Å². The van der Waals surface area contributed by atoms with Crippen molar-refractivity contribution in [3.63, 3.8) is 0 Å². The molecule has 0 aromatic heterocycles. The summed E-state index contributed by atoms with van der Waals surface area (Å²) < 4.78 is 8.19. The number of hydrogen-bond donors (Lipinski definition) is 0. The first-order chi connectivity index (χ1) is 4.37. The average molecular weight is 234 g/mol. The van der Waals surface area contributed by atoms with Crippen LogP contribution in [0.4, 0.5) is 0 Å². The van der Waals surface area contributed by atoms with Crippen LogP contribution >= 0.6 is 22.6 Å². The fraction of sp³-hybridized carbons (Fsp3) is 0.714. The van der Waals surface area contributed by atoms with E-state index in [0.717, 1.165) is 19.1 Å². The van der Waals surface area contributed by atoms with E-state index in [1.807, 2.05) is 0 Å². The Morgan fingerprint density at radius 2 is 2.56 bits per heavy atom. The molecule has 48 valence electrons. The first kappa shape index (κ1) is 5.99. The fourth-order valence-corrected chi connectivity index (χ4v) is 1.98. The maximum Gasteiger partial charge on any atom is 0.0636 e. The highest BCUT2D eigenvalue weighted by Crippen LogP contribution is 2.56. The zero-order valence-corrected chi connectivity index (χ0v) is 7.14. The SMILES string of the molecule is IC#CC12COCC1C2. The Kier molecular flexibility index (Phi) is 1.24. The predicted molar refractivity (Wildman–Crippen MR) is 43.2 cm³/mol. The molecule has 1 aliphatic heterocycles. The number of ether oxygens (including phenoxy) is 1. The summed E-state index contributed by atoms with van der Waals surface area (Å²) in [5.41, 5.74) is 0.321. The Hall–Kier alpha value is 0.250. The van der Waals surface area contributed by atoms with Gasteiger partial charge in [0, 0.05) is 28.5 Å². The lowest BCUT2D eigenvalue weighted by Crippen LogP contribution is -2.00. The molecule has 1 saturated heterocycles. The molecule has 1 aliphatic carbocycles. The summed E-state index contributed by atoms with van der Waals surface area (Å²) in [7, 11) is 0. The van der Waals surface area contributed by atoms with E-state index in [0.29, 0.717) is 5.41 Å². The summed E-state index contributed by atoms with van der Waals surface area (Å²) in [6, 6.07) is 0. The van der Waals surface area contributed by atoms with Gasteiger partial charge >= 0.3 is 0 Å². The third-order valence-electron chi connectivity index (χ3n) is 2.21. The minimum Gasteiger partial charge on any atom is -0.380 e. The lowest BCUT2D eigenvalue weighted by atomic mass is 10.1. The maximum atomic E-state index is 5.26. The number of hydrogen-bond acceptors (Lipinski definition) is 1. The zero-order chi connectivity index (χ0) is 6.32. The van der Waals surface area contributed by atoms with Crippen molar-refractivity contribution in [2.24, 2.45) is 11.3 Å². The lowest BCUT2D eigenvalue weighted by molar-refractivity contribution is 0.157. The highest BCUT2D eigenvalue weighted by Gasteiger charge is 2.57. The summed E-state index contributed by atoms with van der Waals surface area (Å²) >= 11 is 2.10. The molecule has 0 spiro atoms. The summed E-state index contributed by atoms with van der Waals surface area (Å²) in [6.07, 6.45) is 1.28. The van der Waals surface area contributed by atoms with Crippen LogP contribution in [0.25, 0.3) is 0 Å². The zero-order valence-electron chi connectivity index (χ0n) is 4.98. The van der Waals surface area contributed by atoms with Crippen LogP contribution in [0.2, 0.25) is 0 Å². The van der Waals surface area contributed by atoms with Gasteiger partial charge in [-0.15, -0.1) is 0 Å². The molecule has 0 amide bonds. The van der Waals surface area contributed by atoms with Gasteiger partial charge in [0.1, 0.15) is 0 Å². The van der Waals surface area contributed by atoms with Gasteiger partial charge in [0.25, 0.3) is 0 Å². The van der Waals surface area contributed by atoms with Crippen molar-refractivity contribution >= 4 is 22.6 Å². The van der Waals surface area contributed by atoms with Crippen LogP contribution in [0.5, 0.6) is 0 Å². The molecule has 2 rings (SSSR count). The van der Waals surface area contributed by atoms with Gasteiger partial charge < -0.3 is 4.74 Å². The summed E-state index contributed by atoms with van der Waals surface area (Å²) in [5.74, 6) is 3.98. The fourth-order valence-electron chi connectivity index (χ4n) is 1.44. The van der Waals surface area contributed by atoms with Crippen LogP contribution in [-0.4, -0.2) is 13.2 Å². The highest BCUT2D eigenvalue weighted by molar-refractivity contribution is 14.1. The molecule has 2 heteroatoms.